The molecule has 2 N–H and O–H groups in total. The van der Waals surface area contributed by atoms with Crippen LogP contribution in [0.25, 0.3) is 10.8 Å². The van der Waals surface area contributed by atoms with Gasteiger partial charge in [-0.05, 0) is 19.9 Å². The van der Waals surface area contributed by atoms with E-state index in [9.17, 15) is 4.79 Å². The number of benzene rings is 1. The van der Waals surface area contributed by atoms with E-state index in [-0.39, 0.29) is 5.56 Å². The standard InChI is InChI=1S/C13H15N3O/c1-3-9(2)8-14-12-10-6-4-5-7-11(10)13(17)16-15-12/h3-7H,8H2,1-2H3,(H,14,15)(H,16,17)/b9-3+. The molecule has 17 heavy (non-hydrogen) atoms. The molecular weight excluding hydrogens is 214 g/mol. The fourth-order valence-corrected chi connectivity index (χ4v) is 1.57. The second kappa shape index (κ2) is 4.82. The average molecular weight is 229 g/mol. The molecule has 0 aliphatic carbocycles. The van der Waals surface area contributed by atoms with Crippen molar-refractivity contribution in [3.8, 4) is 0 Å². The summed E-state index contributed by atoms with van der Waals surface area (Å²) in [6.45, 7) is 4.76. The first-order chi connectivity index (χ1) is 8.22. The van der Waals surface area contributed by atoms with Gasteiger partial charge in [-0.1, -0.05) is 29.8 Å². The second-order valence-corrected chi connectivity index (χ2v) is 3.94. The third-order valence-corrected chi connectivity index (χ3v) is 2.72. The normalized spacial score (nSPS) is 11.8. The third-order valence-electron chi connectivity index (χ3n) is 2.72. The molecule has 0 bridgehead atoms. The van der Waals surface area contributed by atoms with E-state index in [1.54, 1.807) is 6.07 Å². The Morgan fingerprint density at radius 3 is 2.82 bits per heavy atom. The Hall–Kier alpha value is -2.10. The zero-order chi connectivity index (χ0) is 12.3. The summed E-state index contributed by atoms with van der Waals surface area (Å²) < 4.78 is 0. The van der Waals surface area contributed by atoms with Gasteiger partial charge in [-0.3, -0.25) is 4.79 Å². The first-order valence-electron chi connectivity index (χ1n) is 5.55. The van der Waals surface area contributed by atoms with Gasteiger partial charge in [0.2, 0.25) is 0 Å². The van der Waals surface area contributed by atoms with Crippen molar-refractivity contribution in [2.75, 3.05) is 11.9 Å². The molecule has 0 atom stereocenters. The van der Waals surface area contributed by atoms with E-state index in [4.69, 9.17) is 0 Å². The van der Waals surface area contributed by atoms with E-state index < -0.39 is 0 Å². The minimum Gasteiger partial charge on any atom is -0.364 e. The molecule has 0 unspecified atom stereocenters. The molecule has 0 amide bonds. The molecule has 0 aliphatic rings. The molecule has 0 radical (unpaired) electrons. The van der Waals surface area contributed by atoms with Gasteiger partial charge in [0, 0.05) is 11.9 Å². The van der Waals surface area contributed by atoms with Gasteiger partial charge < -0.3 is 5.32 Å². The minimum atomic E-state index is -0.158. The van der Waals surface area contributed by atoms with Gasteiger partial charge in [-0.25, -0.2) is 5.10 Å². The van der Waals surface area contributed by atoms with Crippen molar-refractivity contribution in [3.63, 3.8) is 0 Å². The number of H-pyrrole nitrogens is 1. The van der Waals surface area contributed by atoms with E-state index in [0.717, 1.165) is 11.9 Å². The summed E-state index contributed by atoms with van der Waals surface area (Å²) in [4.78, 5) is 11.6. The predicted octanol–water partition coefficient (Wildman–Crippen LogP) is 2.30. The highest BCUT2D eigenvalue weighted by Gasteiger charge is 2.04. The number of nitrogens with one attached hydrogen (secondary N) is 2. The number of fused-ring (bicyclic) bond motifs is 1. The summed E-state index contributed by atoms with van der Waals surface area (Å²) in [5.74, 6) is 0.710. The van der Waals surface area contributed by atoms with Gasteiger partial charge in [0.25, 0.3) is 5.56 Å². The second-order valence-electron chi connectivity index (χ2n) is 3.94. The first kappa shape index (κ1) is 11.4. The van der Waals surface area contributed by atoms with Crippen LogP contribution in [0.4, 0.5) is 5.82 Å². The van der Waals surface area contributed by atoms with Crippen molar-refractivity contribution >= 4 is 16.6 Å². The van der Waals surface area contributed by atoms with Crippen LogP contribution in [0.3, 0.4) is 0 Å². The van der Waals surface area contributed by atoms with Crippen molar-refractivity contribution in [2.45, 2.75) is 13.8 Å². The molecule has 88 valence electrons. The number of anilines is 1. The number of aromatic amines is 1. The van der Waals surface area contributed by atoms with Crippen LogP contribution < -0.4 is 10.9 Å². The third kappa shape index (κ3) is 2.36. The van der Waals surface area contributed by atoms with Gasteiger partial charge in [-0.2, -0.15) is 5.10 Å². The zero-order valence-corrected chi connectivity index (χ0v) is 9.95. The van der Waals surface area contributed by atoms with Crippen LogP contribution in [0.15, 0.2) is 40.7 Å². The Kier molecular flexibility index (Phi) is 3.23. The van der Waals surface area contributed by atoms with Crippen LogP contribution in [0.2, 0.25) is 0 Å². The molecule has 0 aliphatic heterocycles. The first-order valence-corrected chi connectivity index (χ1v) is 5.55. The van der Waals surface area contributed by atoms with Crippen LogP contribution >= 0.6 is 0 Å². The number of hydrogen-bond donors (Lipinski definition) is 2. The Balaban J connectivity index is 2.42. The monoisotopic (exact) mass is 229 g/mol. The Bertz CT molecular complexity index is 613. The number of hydrogen-bond acceptors (Lipinski definition) is 3. The molecule has 2 aromatic rings. The highest BCUT2D eigenvalue weighted by molar-refractivity contribution is 5.90. The predicted molar refractivity (Wildman–Crippen MR) is 70.3 cm³/mol. The molecule has 0 fully saturated rings. The van der Waals surface area contributed by atoms with Gasteiger partial charge >= 0.3 is 0 Å². The Morgan fingerprint density at radius 2 is 2.12 bits per heavy atom. The molecule has 0 spiro atoms. The average Bonchev–Trinajstić information content (AvgIpc) is 2.38. The van der Waals surface area contributed by atoms with Gasteiger partial charge in [0.05, 0.1) is 5.39 Å². The highest BCUT2D eigenvalue weighted by Crippen LogP contribution is 2.16. The van der Waals surface area contributed by atoms with Crippen LogP contribution in [0, 0.1) is 0 Å². The van der Waals surface area contributed by atoms with Crippen LogP contribution in [0.1, 0.15) is 13.8 Å². The number of allylic oxidation sites excluding steroid dienone is 1. The summed E-state index contributed by atoms with van der Waals surface area (Å²) in [5.41, 5.74) is 1.07. The van der Waals surface area contributed by atoms with Gasteiger partial charge in [0.1, 0.15) is 0 Å². The van der Waals surface area contributed by atoms with Crippen molar-refractivity contribution in [1.29, 1.82) is 0 Å². The lowest BCUT2D eigenvalue weighted by atomic mass is 10.2. The van der Waals surface area contributed by atoms with Crippen molar-refractivity contribution in [1.82, 2.24) is 10.2 Å². The zero-order valence-electron chi connectivity index (χ0n) is 9.95. The Morgan fingerprint density at radius 1 is 1.41 bits per heavy atom. The molecule has 2 rings (SSSR count). The molecular formula is C13H15N3O. The quantitative estimate of drug-likeness (QED) is 0.794. The van der Waals surface area contributed by atoms with Crippen molar-refractivity contribution < 1.29 is 0 Å². The topological polar surface area (TPSA) is 57.8 Å². The minimum absolute atomic E-state index is 0.158. The van der Waals surface area contributed by atoms with Crippen LogP contribution in [0.5, 0.6) is 0 Å². The van der Waals surface area contributed by atoms with Crippen LogP contribution in [-0.2, 0) is 0 Å². The molecule has 1 heterocycles. The van der Waals surface area contributed by atoms with E-state index in [1.165, 1.54) is 5.57 Å². The number of rotatable bonds is 3. The maximum absolute atomic E-state index is 11.6. The van der Waals surface area contributed by atoms with E-state index in [0.29, 0.717) is 11.2 Å². The number of aromatic nitrogens is 2. The highest BCUT2D eigenvalue weighted by atomic mass is 16.1. The molecule has 4 nitrogen and oxygen atoms in total. The summed E-state index contributed by atoms with van der Waals surface area (Å²) in [6, 6.07) is 7.43. The van der Waals surface area contributed by atoms with E-state index in [2.05, 4.69) is 15.5 Å². The molecule has 0 saturated carbocycles. The van der Waals surface area contributed by atoms with Crippen molar-refractivity contribution in [2.24, 2.45) is 0 Å². The van der Waals surface area contributed by atoms with E-state index >= 15 is 0 Å². The lowest BCUT2D eigenvalue weighted by molar-refractivity contribution is 0.999. The Labute approximate surface area is 99.4 Å². The maximum atomic E-state index is 11.6. The fourth-order valence-electron chi connectivity index (χ4n) is 1.57. The SMILES string of the molecule is C/C=C(\C)CNc1n[nH]c(=O)c2ccccc12. The van der Waals surface area contributed by atoms with Crippen molar-refractivity contribution in [3.05, 3.63) is 46.3 Å². The molecule has 4 heteroatoms. The summed E-state index contributed by atoms with van der Waals surface area (Å²) in [6.07, 6.45) is 2.04. The smallest absolute Gasteiger partial charge is 0.272 e. The molecule has 1 aromatic carbocycles. The molecule has 0 saturated heterocycles. The lowest BCUT2D eigenvalue weighted by Gasteiger charge is -2.07. The lowest BCUT2D eigenvalue weighted by Crippen LogP contribution is -2.13. The fraction of sp³-hybridized carbons (Fsp3) is 0.231. The summed E-state index contributed by atoms with van der Waals surface area (Å²) in [5, 5.41) is 11.3. The van der Waals surface area contributed by atoms with Gasteiger partial charge in [0.15, 0.2) is 5.82 Å². The van der Waals surface area contributed by atoms with Gasteiger partial charge in [-0.15, -0.1) is 0 Å². The summed E-state index contributed by atoms with van der Waals surface area (Å²) in [7, 11) is 0. The maximum Gasteiger partial charge on any atom is 0.272 e. The number of nitrogens with zero attached hydrogens (tertiary/aromatic N) is 1. The largest absolute Gasteiger partial charge is 0.364 e. The summed E-state index contributed by atoms with van der Waals surface area (Å²) >= 11 is 0. The van der Waals surface area contributed by atoms with E-state index in [1.807, 2.05) is 38.1 Å². The van der Waals surface area contributed by atoms with Crippen LogP contribution in [-0.4, -0.2) is 16.7 Å². The molecule has 1 aromatic heterocycles.